The number of halogens is 1. The van der Waals surface area contributed by atoms with Crippen molar-refractivity contribution in [1.82, 2.24) is 8.61 Å². The minimum absolute atomic E-state index is 0.159. The number of hydrogen-bond donors (Lipinski definition) is 0. The van der Waals surface area contributed by atoms with E-state index < -0.39 is 16.0 Å². The minimum Gasteiger partial charge on any atom is -0.211 e. The van der Waals surface area contributed by atoms with Crippen LogP contribution in [0.25, 0.3) is 0 Å². The maximum Gasteiger partial charge on any atom is 0.282 e. The van der Waals surface area contributed by atoms with Crippen LogP contribution in [0.4, 0.5) is 4.39 Å². The highest BCUT2D eigenvalue weighted by atomic mass is 32.2. The third-order valence-corrected chi connectivity index (χ3v) is 4.86. The van der Waals surface area contributed by atoms with E-state index in [1.165, 1.54) is 10.4 Å². The Hall–Kier alpha value is -1.50. The lowest BCUT2D eigenvalue weighted by Crippen LogP contribution is -2.44. The van der Waals surface area contributed by atoms with E-state index in [-0.39, 0.29) is 26.2 Å². The van der Waals surface area contributed by atoms with Gasteiger partial charge in [-0.1, -0.05) is 49.9 Å². The molecule has 0 atom stereocenters. The maximum atomic E-state index is 13.0. The fourth-order valence-electron chi connectivity index (χ4n) is 1.88. The summed E-state index contributed by atoms with van der Waals surface area (Å²) in [5.74, 6) is -0.682. The van der Waals surface area contributed by atoms with E-state index >= 15 is 0 Å². The molecule has 6 heteroatoms. The number of benzene rings is 1. The van der Waals surface area contributed by atoms with Gasteiger partial charge in [0, 0.05) is 19.6 Å². The molecule has 0 bridgehead atoms. The molecule has 0 unspecified atom stereocenters. The average Bonchev–Trinajstić information content (AvgIpc) is 2.45. The molecule has 1 aromatic carbocycles. The molecule has 0 aromatic heterocycles. The Labute approximate surface area is 126 Å². The summed E-state index contributed by atoms with van der Waals surface area (Å²) >= 11 is 0. The van der Waals surface area contributed by atoms with E-state index in [0.29, 0.717) is 0 Å². The predicted molar refractivity (Wildman–Crippen MR) is 83.5 cm³/mol. The predicted octanol–water partition coefficient (Wildman–Crippen LogP) is 2.72. The minimum atomic E-state index is -3.77. The Morgan fingerprint density at radius 3 is 2.38 bits per heavy atom. The van der Waals surface area contributed by atoms with Gasteiger partial charge in [0.2, 0.25) is 0 Å². The van der Waals surface area contributed by atoms with Crippen LogP contribution >= 0.6 is 0 Å². The summed E-state index contributed by atoms with van der Waals surface area (Å²) in [6.45, 7) is 8.60. The highest BCUT2D eigenvalue weighted by molar-refractivity contribution is 7.86. The Balaban J connectivity index is 3.01. The first-order chi connectivity index (χ1) is 9.91. The fraction of sp³-hybridized carbons (Fsp3) is 0.333. The second-order valence-electron chi connectivity index (χ2n) is 4.52. The van der Waals surface area contributed by atoms with Crippen LogP contribution < -0.4 is 0 Å². The lowest BCUT2D eigenvalue weighted by molar-refractivity contribution is 0.352. The first-order valence-electron chi connectivity index (χ1n) is 6.65. The Morgan fingerprint density at radius 1 is 1.29 bits per heavy atom. The van der Waals surface area contributed by atoms with Crippen LogP contribution in [-0.2, 0) is 16.8 Å². The summed E-state index contributed by atoms with van der Waals surface area (Å²) in [6, 6.07) is 9.23. The average molecular weight is 312 g/mol. The van der Waals surface area contributed by atoms with Crippen molar-refractivity contribution >= 4 is 10.2 Å². The molecule has 0 spiro atoms. The van der Waals surface area contributed by atoms with Crippen LogP contribution in [0, 0.1) is 0 Å². The topological polar surface area (TPSA) is 40.6 Å². The van der Waals surface area contributed by atoms with Crippen LogP contribution in [0.3, 0.4) is 0 Å². The number of likely N-dealkylation sites (N-methyl/N-ethyl adjacent to an activating group) is 1. The highest BCUT2D eigenvalue weighted by Crippen LogP contribution is 2.15. The summed E-state index contributed by atoms with van der Waals surface area (Å²) in [7, 11) is -3.77. The van der Waals surface area contributed by atoms with E-state index in [0.717, 1.165) is 9.87 Å². The summed E-state index contributed by atoms with van der Waals surface area (Å²) in [6.07, 6.45) is 1.51. The Morgan fingerprint density at radius 2 is 1.90 bits per heavy atom. The third kappa shape index (κ3) is 5.08. The van der Waals surface area contributed by atoms with Gasteiger partial charge in [-0.3, -0.25) is 0 Å². The van der Waals surface area contributed by atoms with Crippen molar-refractivity contribution in [2.45, 2.75) is 13.5 Å². The van der Waals surface area contributed by atoms with E-state index in [1.54, 1.807) is 6.92 Å². The van der Waals surface area contributed by atoms with Gasteiger partial charge in [-0.05, 0) is 5.56 Å². The van der Waals surface area contributed by atoms with E-state index in [4.69, 9.17) is 0 Å². The van der Waals surface area contributed by atoms with Crippen molar-refractivity contribution in [2.24, 2.45) is 0 Å². The molecule has 0 amide bonds. The van der Waals surface area contributed by atoms with Gasteiger partial charge < -0.3 is 0 Å². The third-order valence-electron chi connectivity index (χ3n) is 2.89. The zero-order valence-electron chi connectivity index (χ0n) is 12.2. The fourth-order valence-corrected chi connectivity index (χ4v) is 3.44. The zero-order valence-corrected chi connectivity index (χ0v) is 13.0. The monoisotopic (exact) mass is 312 g/mol. The molecule has 0 aliphatic heterocycles. The molecular formula is C15H21FN2O2S. The highest BCUT2D eigenvalue weighted by Gasteiger charge is 2.28. The molecule has 0 heterocycles. The van der Waals surface area contributed by atoms with Crippen molar-refractivity contribution in [3.63, 3.8) is 0 Å². The molecule has 1 rings (SSSR count). The SMILES string of the molecule is C=CCN(Cc1ccccc1)S(=O)(=O)N(CC)CC(=C)F. The molecule has 0 radical (unpaired) electrons. The summed E-state index contributed by atoms with van der Waals surface area (Å²) in [5.41, 5.74) is 0.859. The van der Waals surface area contributed by atoms with Gasteiger partial charge in [0.1, 0.15) is 5.83 Å². The number of nitrogens with zero attached hydrogens (tertiary/aromatic N) is 2. The quantitative estimate of drug-likeness (QED) is 0.658. The van der Waals surface area contributed by atoms with Gasteiger partial charge in [-0.15, -0.1) is 6.58 Å². The first kappa shape index (κ1) is 17.6. The van der Waals surface area contributed by atoms with Gasteiger partial charge >= 0.3 is 0 Å². The van der Waals surface area contributed by atoms with Crippen LogP contribution in [0.15, 0.2) is 55.4 Å². The van der Waals surface area contributed by atoms with Gasteiger partial charge in [-0.25, -0.2) is 4.39 Å². The van der Waals surface area contributed by atoms with Gasteiger partial charge in [0.15, 0.2) is 0 Å². The largest absolute Gasteiger partial charge is 0.282 e. The van der Waals surface area contributed by atoms with Crippen LogP contribution in [0.5, 0.6) is 0 Å². The Bertz CT molecular complexity index is 573. The maximum absolute atomic E-state index is 13.0. The zero-order chi connectivity index (χ0) is 15.9. The van der Waals surface area contributed by atoms with Gasteiger partial charge in [0.25, 0.3) is 10.2 Å². The van der Waals surface area contributed by atoms with Gasteiger partial charge in [0.05, 0.1) is 6.54 Å². The molecule has 0 saturated heterocycles. The molecule has 4 nitrogen and oxygen atoms in total. The summed E-state index contributed by atoms with van der Waals surface area (Å²) in [5, 5.41) is 0. The van der Waals surface area contributed by atoms with Crippen molar-refractivity contribution in [3.05, 3.63) is 61.0 Å². The number of rotatable bonds is 9. The second kappa shape index (κ2) is 8.07. The van der Waals surface area contributed by atoms with Crippen LogP contribution in [0.2, 0.25) is 0 Å². The van der Waals surface area contributed by atoms with E-state index in [9.17, 15) is 12.8 Å². The molecule has 0 aliphatic rings. The molecular weight excluding hydrogens is 291 g/mol. The summed E-state index contributed by atoms with van der Waals surface area (Å²) < 4.78 is 40.5. The lowest BCUT2D eigenvalue weighted by Gasteiger charge is -2.28. The van der Waals surface area contributed by atoms with Crippen molar-refractivity contribution < 1.29 is 12.8 Å². The molecule has 1 aromatic rings. The number of hydrogen-bond acceptors (Lipinski definition) is 2. The molecule has 21 heavy (non-hydrogen) atoms. The van der Waals surface area contributed by atoms with E-state index in [2.05, 4.69) is 13.2 Å². The van der Waals surface area contributed by atoms with Crippen LogP contribution in [0.1, 0.15) is 12.5 Å². The standard InChI is InChI=1S/C15H21FN2O2S/c1-4-11-18(13-15-9-7-6-8-10-15)21(19,20)17(5-2)12-14(3)16/h4,6-10H,1,3,5,11-13H2,2H3. The Kier molecular flexibility index (Phi) is 6.74. The normalized spacial score (nSPS) is 11.8. The second-order valence-corrected chi connectivity index (χ2v) is 6.45. The molecule has 0 saturated carbocycles. The molecule has 116 valence electrons. The molecule has 0 N–H and O–H groups in total. The van der Waals surface area contributed by atoms with Crippen molar-refractivity contribution in [1.29, 1.82) is 0 Å². The van der Waals surface area contributed by atoms with Crippen molar-refractivity contribution in [2.75, 3.05) is 19.6 Å². The van der Waals surface area contributed by atoms with Gasteiger partial charge in [-0.2, -0.15) is 17.0 Å². The summed E-state index contributed by atoms with van der Waals surface area (Å²) in [4.78, 5) is 0. The van der Waals surface area contributed by atoms with Crippen molar-refractivity contribution in [3.8, 4) is 0 Å². The first-order valence-corrected chi connectivity index (χ1v) is 8.04. The molecule has 0 fully saturated rings. The van der Waals surface area contributed by atoms with Crippen LogP contribution in [-0.4, -0.2) is 36.7 Å². The van der Waals surface area contributed by atoms with E-state index in [1.807, 2.05) is 30.3 Å². The smallest absolute Gasteiger partial charge is 0.211 e. The lowest BCUT2D eigenvalue weighted by atomic mass is 10.2. The molecule has 0 aliphatic carbocycles.